The number of nitrogens with zero attached hydrogens (tertiary/aromatic N) is 2. The number of rotatable bonds is 4. The van der Waals surface area contributed by atoms with Crippen LogP contribution in [0.2, 0.25) is 0 Å². The normalized spacial score (nSPS) is 11.4. The number of benzene rings is 1. The van der Waals surface area contributed by atoms with Gasteiger partial charge in [-0.25, -0.2) is 4.98 Å². The monoisotopic (exact) mass is 306 g/mol. The molecular formula is C15H18N2O3S. The molecule has 2 aromatic rings. The highest BCUT2D eigenvalue weighted by Gasteiger charge is 2.23. The van der Waals surface area contributed by atoms with Crippen molar-refractivity contribution < 1.29 is 13.5 Å². The van der Waals surface area contributed by atoms with E-state index in [-0.39, 0.29) is 11.6 Å². The van der Waals surface area contributed by atoms with Crippen molar-refractivity contribution in [2.75, 3.05) is 11.4 Å². The molecule has 0 aliphatic carbocycles. The second kappa shape index (κ2) is 5.83. The first-order valence-electron chi connectivity index (χ1n) is 6.48. The van der Waals surface area contributed by atoms with Crippen LogP contribution in [0, 0.1) is 13.8 Å². The zero-order chi connectivity index (χ0) is 15.6. The fourth-order valence-electron chi connectivity index (χ4n) is 2.09. The molecule has 0 amide bonds. The summed E-state index contributed by atoms with van der Waals surface area (Å²) >= 11 is 0. The second-order valence-corrected chi connectivity index (χ2v) is 6.84. The Morgan fingerprint density at radius 3 is 2.43 bits per heavy atom. The van der Waals surface area contributed by atoms with Crippen molar-refractivity contribution in [3.8, 4) is 0 Å². The van der Waals surface area contributed by atoms with Crippen molar-refractivity contribution in [3.05, 3.63) is 53.2 Å². The van der Waals surface area contributed by atoms with Gasteiger partial charge in [0.1, 0.15) is 0 Å². The Kier molecular flexibility index (Phi) is 4.29. The third-order valence-electron chi connectivity index (χ3n) is 3.30. The summed E-state index contributed by atoms with van der Waals surface area (Å²) in [6, 6.07) is 8.54. The van der Waals surface area contributed by atoms with Crippen LogP contribution in [0.3, 0.4) is 0 Å². The summed E-state index contributed by atoms with van der Waals surface area (Å²) < 4.78 is 26.4. The summed E-state index contributed by atoms with van der Waals surface area (Å²) in [4.78, 5) is 3.93. The molecule has 1 N–H and O–H groups in total. The largest absolute Gasteiger partial charge is 0.392 e. The zero-order valence-electron chi connectivity index (χ0n) is 12.2. The van der Waals surface area contributed by atoms with Crippen molar-refractivity contribution in [2.45, 2.75) is 25.5 Å². The smallest absolute Gasteiger partial charge is 0.281 e. The van der Waals surface area contributed by atoms with Gasteiger partial charge in [0.05, 0.1) is 12.3 Å². The van der Waals surface area contributed by atoms with Crippen LogP contribution >= 0.6 is 0 Å². The molecule has 0 fully saturated rings. The van der Waals surface area contributed by atoms with E-state index in [9.17, 15) is 8.42 Å². The topological polar surface area (TPSA) is 70.5 Å². The molecule has 21 heavy (non-hydrogen) atoms. The lowest BCUT2D eigenvalue weighted by Crippen LogP contribution is -2.28. The van der Waals surface area contributed by atoms with Crippen molar-refractivity contribution in [1.29, 1.82) is 0 Å². The Balaban J connectivity index is 2.42. The van der Waals surface area contributed by atoms with E-state index in [0.29, 0.717) is 11.3 Å². The minimum Gasteiger partial charge on any atom is -0.392 e. The highest BCUT2D eigenvalue weighted by Crippen LogP contribution is 2.25. The molecule has 0 saturated carbocycles. The number of anilines is 1. The molecule has 0 unspecified atom stereocenters. The molecule has 1 heterocycles. The van der Waals surface area contributed by atoms with Gasteiger partial charge in [0, 0.05) is 13.2 Å². The molecule has 0 spiro atoms. The van der Waals surface area contributed by atoms with Crippen LogP contribution in [0.25, 0.3) is 0 Å². The first-order chi connectivity index (χ1) is 9.86. The van der Waals surface area contributed by atoms with Gasteiger partial charge in [-0.1, -0.05) is 23.8 Å². The lowest BCUT2D eigenvalue weighted by molar-refractivity contribution is 0.281. The van der Waals surface area contributed by atoms with Crippen LogP contribution < -0.4 is 4.31 Å². The van der Waals surface area contributed by atoms with Crippen LogP contribution in [0.4, 0.5) is 5.69 Å². The summed E-state index contributed by atoms with van der Waals surface area (Å²) in [5, 5.41) is 8.94. The maximum absolute atomic E-state index is 12.6. The van der Waals surface area contributed by atoms with E-state index < -0.39 is 10.0 Å². The quantitative estimate of drug-likeness (QED) is 0.938. The molecule has 5 nitrogen and oxygen atoms in total. The molecule has 1 aromatic carbocycles. The molecule has 0 aliphatic rings. The van der Waals surface area contributed by atoms with Gasteiger partial charge in [0.2, 0.25) is 0 Å². The molecule has 2 rings (SSSR count). The fraction of sp³-hybridized carbons (Fsp3) is 0.267. The van der Waals surface area contributed by atoms with E-state index >= 15 is 0 Å². The average Bonchev–Trinajstić information content (AvgIpc) is 2.46. The third kappa shape index (κ3) is 3.06. The van der Waals surface area contributed by atoms with Crippen LogP contribution in [0.1, 0.15) is 16.7 Å². The molecule has 0 bridgehead atoms. The Bertz CT molecular complexity index is 740. The number of sulfonamides is 1. The Hall–Kier alpha value is -1.92. The Morgan fingerprint density at radius 2 is 1.90 bits per heavy atom. The summed E-state index contributed by atoms with van der Waals surface area (Å²) in [7, 11) is -2.20. The molecular weight excluding hydrogens is 288 g/mol. The molecule has 6 heteroatoms. The Morgan fingerprint density at radius 1 is 1.19 bits per heavy atom. The van der Waals surface area contributed by atoms with Gasteiger partial charge in [-0.3, -0.25) is 4.31 Å². The molecule has 0 saturated heterocycles. The van der Waals surface area contributed by atoms with Gasteiger partial charge < -0.3 is 5.11 Å². The third-order valence-corrected chi connectivity index (χ3v) is 4.98. The number of hydrogen-bond acceptors (Lipinski definition) is 4. The van der Waals surface area contributed by atoms with Crippen molar-refractivity contribution in [1.82, 2.24) is 4.98 Å². The van der Waals surface area contributed by atoms with Gasteiger partial charge >= 0.3 is 0 Å². The van der Waals surface area contributed by atoms with E-state index in [2.05, 4.69) is 4.98 Å². The first kappa shape index (κ1) is 15.5. The predicted octanol–water partition coefficient (Wildman–Crippen LogP) is 2.02. The molecule has 0 atom stereocenters. The van der Waals surface area contributed by atoms with E-state index in [4.69, 9.17) is 5.11 Å². The van der Waals surface area contributed by atoms with E-state index in [1.165, 1.54) is 23.6 Å². The SMILES string of the molecule is Cc1ccc(N(C)S(=O)(=O)c2ccc(CO)cn2)c(C)c1. The lowest BCUT2D eigenvalue weighted by atomic mass is 10.1. The number of aliphatic hydroxyl groups is 1. The van der Waals surface area contributed by atoms with Crippen LogP contribution in [-0.4, -0.2) is 25.6 Å². The fourth-order valence-corrected chi connectivity index (χ4v) is 3.26. The molecule has 0 aliphatic heterocycles. The number of aryl methyl sites for hydroxylation is 2. The predicted molar refractivity (Wildman–Crippen MR) is 81.7 cm³/mol. The van der Waals surface area contributed by atoms with E-state index in [0.717, 1.165) is 11.1 Å². The molecule has 0 radical (unpaired) electrons. The highest BCUT2D eigenvalue weighted by atomic mass is 32.2. The molecule has 1 aromatic heterocycles. The zero-order valence-corrected chi connectivity index (χ0v) is 13.1. The summed E-state index contributed by atoms with van der Waals surface area (Å²) in [5.74, 6) is 0. The van der Waals surface area contributed by atoms with Crippen LogP contribution in [-0.2, 0) is 16.6 Å². The maximum atomic E-state index is 12.6. The summed E-state index contributed by atoms with van der Waals surface area (Å²) in [6.45, 7) is 3.66. The maximum Gasteiger partial charge on any atom is 0.281 e. The minimum atomic E-state index is -3.71. The second-order valence-electron chi connectivity index (χ2n) is 4.93. The van der Waals surface area contributed by atoms with E-state index in [1.807, 2.05) is 26.0 Å². The first-order valence-corrected chi connectivity index (χ1v) is 7.92. The van der Waals surface area contributed by atoms with Gasteiger partial charge in [0.15, 0.2) is 5.03 Å². The van der Waals surface area contributed by atoms with Crippen molar-refractivity contribution >= 4 is 15.7 Å². The number of aliphatic hydroxyl groups excluding tert-OH is 1. The van der Waals surface area contributed by atoms with Gasteiger partial charge in [0.25, 0.3) is 10.0 Å². The Labute approximate surface area is 124 Å². The lowest BCUT2D eigenvalue weighted by Gasteiger charge is -2.21. The van der Waals surface area contributed by atoms with E-state index in [1.54, 1.807) is 12.1 Å². The van der Waals surface area contributed by atoms with Gasteiger partial charge in [-0.2, -0.15) is 8.42 Å². The van der Waals surface area contributed by atoms with Crippen LogP contribution in [0.15, 0.2) is 41.6 Å². The number of aromatic nitrogens is 1. The number of pyridine rings is 1. The summed E-state index contributed by atoms with van der Waals surface area (Å²) in [6.07, 6.45) is 1.36. The minimum absolute atomic E-state index is 0.0397. The highest BCUT2D eigenvalue weighted by molar-refractivity contribution is 7.92. The van der Waals surface area contributed by atoms with Gasteiger partial charge in [-0.05, 0) is 37.1 Å². The standard InChI is InChI=1S/C15H18N2O3S/c1-11-4-6-14(12(2)8-11)17(3)21(19,20)15-7-5-13(10-18)9-16-15/h4-9,18H,10H2,1-3H3. The van der Waals surface area contributed by atoms with Crippen molar-refractivity contribution in [2.24, 2.45) is 0 Å². The van der Waals surface area contributed by atoms with Gasteiger partial charge in [-0.15, -0.1) is 0 Å². The van der Waals surface area contributed by atoms with Crippen molar-refractivity contribution in [3.63, 3.8) is 0 Å². The number of hydrogen-bond donors (Lipinski definition) is 1. The van der Waals surface area contributed by atoms with Crippen LogP contribution in [0.5, 0.6) is 0 Å². The molecule has 112 valence electrons. The summed E-state index contributed by atoms with van der Waals surface area (Å²) in [5.41, 5.74) is 3.15. The average molecular weight is 306 g/mol.